The number of halogens is 2. The van der Waals surface area contributed by atoms with E-state index in [2.05, 4.69) is 0 Å². The zero-order valence-electron chi connectivity index (χ0n) is 10.5. The van der Waals surface area contributed by atoms with E-state index >= 15 is 0 Å². The minimum atomic E-state index is -0.720. The molecule has 1 atom stereocenters. The van der Waals surface area contributed by atoms with Gasteiger partial charge in [0, 0.05) is 6.42 Å². The van der Waals surface area contributed by atoms with Crippen molar-refractivity contribution in [1.29, 1.82) is 5.26 Å². The minimum absolute atomic E-state index is 0.0325. The van der Waals surface area contributed by atoms with Crippen LogP contribution in [-0.2, 0) is 0 Å². The van der Waals surface area contributed by atoms with Gasteiger partial charge in [-0.05, 0) is 29.8 Å². The Morgan fingerprint density at radius 1 is 1.10 bits per heavy atom. The molecule has 0 spiro atoms. The maximum Gasteiger partial charge on any atom is 0.167 e. The molecule has 2 rings (SSSR count). The van der Waals surface area contributed by atoms with Gasteiger partial charge < -0.3 is 0 Å². The molecule has 0 aromatic heterocycles. The summed E-state index contributed by atoms with van der Waals surface area (Å²) in [6.45, 7) is 0. The molecular weight excluding hydrogens is 260 g/mol. The molecule has 0 N–H and O–H groups in total. The van der Waals surface area contributed by atoms with Gasteiger partial charge in [0.25, 0.3) is 0 Å². The molecule has 0 saturated heterocycles. The van der Waals surface area contributed by atoms with Crippen molar-refractivity contribution in [3.8, 4) is 6.07 Å². The maximum atomic E-state index is 13.5. The highest BCUT2D eigenvalue weighted by Crippen LogP contribution is 2.22. The van der Waals surface area contributed by atoms with Crippen LogP contribution in [0, 0.1) is 23.0 Å². The first-order valence-electron chi connectivity index (χ1n) is 6.04. The van der Waals surface area contributed by atoms with Crippen molar-refractivity contribution in [3.05, 3.63) is 71.3 Å². The molecule has 20 heavy (non-hydrogen) atoms. The lowest BCUT2D eigenvalue weighted by Crippen LogP contribution is -2.08. The smallest absolute Gasteiger partial charge is 0.167 e. The summed E-state index contributed by atoms with van der Waals surface area (Å²) in [5.74, 6) is -2.18. The van der Waals surface area contributed by atoms with Crippen LogP contribution in [0.15, 0.2) is 48.5 Å². The third-order valence-electron chi connectivity index (χ3n) is 2.99. The normalized spacial score (nSPS) is 11.7. The van der Waals surface area contributed by atoms with E-state index in [-0.39, 0.29) is 12.0 Å². The second-order valence-corrected chi connectivity index (χ2v) is 4.34. The average molecular weight is 271 g/mol. The van der Waals surface area contributed by atoms with Crippen LogP contribution in [0.4, 0.5) is 8.78 Å². The van der Waals surface area contributed by atoms with Crippen LogP contribution in [0.25, 0.3) is 0 Å². The van der Waals surface area contributed by atoms with Crippen molar-refractivity contribution in [3.63, 3.8) is 0 Å². The molecule has 0 bridgehead atoms. The zero-order chi connectivity index (χ0) is 14.5. The number of Topliss-reactive ketones (excluding diaryl/α,β-unsaturated/α-hetero) is 1. The Hall–Kier alpha value is -2.54. The number of carbonyl (C=O) groups excluding carboxylic acids is 1. The highest BCUT2D eigenvalue weighted by atomic mass is 19.1. The van der Waals surface area contributed by atoms with Gasteiger partial charge in [0.15, 0.2) is 5.78 Å². The highest BCUT2D eigenvalue weighted by Gasteiger charge is 2.19. The van der Waals surface area contributed by atoms with E-state index in [0.717, 1.165) is 0 Å². The van der Waals surface area contributed by atoms with Gasteiger partial charge >= 0.3 is 0 Å². The third kappa shape index (κ3) is 3.07. The number of hydrogen-bond donors (Lipinski definition) is 0. The predicted octanol–water partition coefficient (Wildman–Crippen LogP) is 3.84. The number of ketones is 1. The molecule has 2 aromatic carbocycles. The van der Waals surface area contributed by atoms with Crippen LogP contribution >= 0.6 is 0 Å². The van der Waals surface area contributed by atoms with Crippen molar-refractivity contribution in [1.82, 2.24) is 0 Å². The molecule has 0 radical (unpaired) electrons. The van der Waals surface area contributed by atoms with E-state index in [4.69, 9.17) is 5.26 Å². The Morgan fingerprint density at radius 3 is 2.35 bits per heavy atom. The lowest BCUT2D eigenvalue weighted by Gasteiger charge is -2.09. The van der Waals surface area contributed by atoms with Gasteiger partial charge in [-0.2, -0.15) is 5.26 Å². The Morgan fingerprint density at radius 2 is 1.75 bits per heavy atom. The van der Waals surface area contributed by atoms with E-state index in [1.807, 2.05) is 6.07 Å². The van der Waals surface area contributed by atoms with Gasteiger partial charge in [0.1, 0.15) is 11.6 Å². The fraction of sp³-hybridized carbons (Fsp3) is 0.125. The average Bonchev–Trinajstić information content (AvgIpc) is 2.46. The number of rotatable bonds is 4. The molecule has 0 aliphatic heterocycles. The van der Waals surface area contributed by atoms with E-state index < -0.39 is 23.3 Å². The van der Waals surface area contributed by atoms with Crippen molar-refractivity contribution >= 4 is 5.78 Å². The summed E-state index contributed by atoms with van der Waals surface area (Å²) in [6.07, 6.45) is -0.136. The Kier molecular flexibility index (Phi) is 4.21. The van der Waals surface area contributed by atoms with Crippen molar-refractivity contribution in [2.24, 2.45) is 0 Å². The van der Waals surface area contributed by atoms with Gasteiger partial charge in [-0.15, -0.1) is 0 Å². The number of hydrogen-bond acceptors (Lipinski definition) is 2. The molecular formula is C16H11F2NO. The molecule has 0 heterocycles. The summed E-state index contributed by atoms with van der Waals surface area (Å²) in [4.78, 5) is 12.0. The second-order valence-electron chi connectivity index (χ2n) is 4.34. The quantitative estimate of drug-likeness (QED) is 0.792. The van der Waals surface area contributed by atoms with Gasteiger partial charge in [-0.3, -0.25) is 4.79 Å². The third-order valence-corrected chi connectivity index (χ3v) is 2.99. The number of carbonyl (C=O) groups is 1. The Labute approximate surface area is 115 Å². The number of benzene rings is 2. The summed E-state index contributed by atoms with van der Waals surface area (Å²) in [5.41, 5.74) is 0.508. The van der Waals surface area contributed by atoms with E-state index in [0.29, 0.717) is 5.56 Å². The van der Waals surface area contributed by atoms with Gasteiger partial charge in [-0.25, -0.2) is 8.78 Å². The first kappa shape index (κ1) is 13.9. The highest BCUT2D eigenvalue weighted by molar-refractivity contribution is 5.97. The van der Waals surface area contributed by atoms with Crippen LogP contribution in [0.1, 0.15) is 28.3 Å². The van der Waals surface area contributed by atoms with E-state index in [9.17, 15) is 13.6 Å². The fourth-order valence-corrected chi connectivity index (χ4v) is 1.92. The van der Waals surface area contributed by atoms with E-state index in [1.54, 1.807) is 6.07 Å². The molecule has 0 amide bonds. The number of nitrogens with zero attached hydrogens (tertiary/aromatic N) is 1. The maximum absolute atomic E-state index is 13.5. The van der Waals surface area contributed by atoms with Crippen LogP contribution in [0.3, 0.4) is 0 Å². The van der Waals surface area contributed by atoms with Crippen LogP contribution in [-0.4, -0.2) is 5.78 Å². The molecule has 0 saturated carbocycles. The van der Waals surface area contributed by atoms with Gasteiger partial charge in [0.2, 0.25) is 0 Å². The minimum Gasteiger partial charge on any atom is -0.294 e. The molecule has 4 heteroatoms. The van der Waals surface area contributed by atoms with Crippen LogP contribution < -0.4 is 0 Å². The molecule has 2 nitrogen and oxygen atoms in total. The molecule has 2 aromatic rings. The first-order chi connectivity index (χ1) is 9.61. The van der Waals surface area contributed by atoms with Crippen LogP contribution in [0.2, 0.25) is 0 Å². The van der Waals surface area contributed by atoms with E-state index in [1.165, 1.54) is 42.5 Å². The lowest BCUT2D eigenvalue weighted by molar-refractivity contribution is 0.0975. The van der Waals surface area contributed by atoms with Crippen molar-refractivity contribution in [2.45, 2.75) is 12.3 Å². The molecule has 0 aliphatic carbocycles. The summed E-state index contributed by atoms with van der Waals surface area (Å²) in [5, 5.41) is 9.12. The fourth-order valence-electron chi connectivity index (χ4n) is 1.92. The standard InChI is InChI=1S/C16H11F2NO/c17-13-7-5-11(6-8-13)12(10-19)9-16(20)14-3-1-2-4-15(14)18/h1-8,12H,9H2. The first-order valence-corrected chi connectivity index (χ1v) is 6.04. The zero-order valence-corrected chi connectivity index (χ0v) is 10.5. The Balaban J connectivity index is 2.19. The SMILES string of the molecule is N#CC(CC(=O)c1ccccc1F)c1ccc(F)cc1. The Bertz CT molecular complexity index is 659. The van der Waals surface area contributed by atoms with Crippen LogP contribution in [0.5, 0.6) is 0 Å². The van der Waals surface area contributed by atoms with Crippen molar-refractivity contribution in [2.75, 3.05) is 0 Å². The predicted molar refractivity (Wildman–Crippen MR) is 70.1 cm³/mol. The van der Waals surface area contributed by atoms with Crippen molar-refractivity contribution < 1.29 is 13.6 Å². The molecule has 0 aliphatic rings. The summed E-state index contributed by atoms with van der Waals surface area (Å²) in [6, 6.07) is 13.0. The summed E-state index contributed by atoms with van der Waals surface area (Å²) < 4.78 is 26.3. The van der Waals surface area contributed by atoms with Gasteiger partial charge in [0.05, 0.1) is 17.6 Å². The molecule has 0 fully saturated rings. The summed E-state index contributed by atoms with van der Waals surface area (Å²) >= 11 is 0. The monoisotopic (exact) mass is 271 g/mol. The molecule has 1 unspecified atom stereocenters. The second kappa shape index (κ2) is 6.07. The number of nitriles is 1. The molecule has 100 valence electrons. The largest absolute Gasteiger partial charge is 0.294 e. The lowest BCUT2D eigenvalue weighted by atomic mass is 9.92. The summed E-state index contributed by atoms with van der Waals surface area (Å²) in [7, 11) is 0. The topological polar surface area (TPSA) is 40.9 Å². The van der Waals surface area contributed by atoms with Gasteiger partial charge in [-0.1, -0.05) is 24.3 Å².